The molecule has 0 heterocycles. The second-order valence-electron chi connectivity index (χ2n) is 1.50. The highest BCUT2D eigenvalue weighted by Gasteiger charge is 2.06. The molecule has 0 aliphatic carbocycles. The van der Waals surface area contributed by atoms with Gasteiger partial charge in [-0.15, -0.1) is 0 Å². The Bertz CT molecular complexity index is 148. The molecule has 4 heteroatoms. The highest BCUT2D eigenvalue weighted by molar-refractivity contribution is 7.93. The van der Waals surface area contributed by atoms with E-state index < -0.39 is 9.84 Å². The Kier molecular flexibility index (Phi) is 3.81. The second kappa shape index (κ2) is 3.85. The molecule has 0 rings (SSSR count). The molecule has 0 aromatic carbocycles. The molecule has 0 saturated heterocycles. The lowest BCUT2D eigenvalue weighted by Gasteiger charge is -1.97. The average molecular weight is 151 g/mol. The maximum atomic E-state index is 10.6. The van der Waals surface area contributed by atoms with Crippen LogP contribution in [0.1, 0.15) is 13.8 Å². The van der Waals surface area contributed by atoms with Crippen LogP contribution in [0.5, 0.6) is 0 Å². The predicted octanol–water partition coefficient (Wildman–Crippen LogP) is 0.577. The Labute approximate surface area is 55.9 Å². The summed E-state index contributed by atoms with van der Waals surface area (Å²) in [5.41, 5.74) is 0. The van der Waals surface area contributed by atoms with Crippen LogP contribution in [0, 0.1) is 5.94 Å². The van der Waals surface area contributed by atoms with Crippen molar-refractivity contribution in [3.05, 3.63) is 5.94 Å². The number of ether oxygens (including phenoxy) is 1. The van der Waals surface area contributed by atoms with Gasteiger partial charge in [0, 0.05) is 6.61 Å². The van der Waals surface area contributed by atoms with Gasteiger partial charge in [0.05, 0.1) is 5.75 Å². The van der Waals surface area contributed by atoms with E-state index in [2.05, 4.69) is 4.74 Å². The lowest BCUT2D eigenvalue weighted by atomic mass is 10.9. The van der Waals surface area contributed by atoms with Crippen LogP contribution in [0.2, 0.25) is 0 Å². The van der Waals surface area contributed by atoms with Crippen molar-refractivity contribution in [3.63, 3.8) is 0 Å². The lowest BCUT2D eigenvalue weighted by molar-refractivity contribution is 0.243. The van der Waals surface area contributed by atoms with Crippen LogP contribution in [0.4, 0.5) is 0 Å². The second-order valence-corrected chi connectivity index (χ2v) is 3.60. The standard InChI is InChI=1S/C5H11O3S/c1-3-8-5-9(6,7)4-2/h5H,3-4H2,1-2H3. The van der Waals surface area contributed by atoms with Crippen molar-refractivity contribution in [2.45, 2.75) is 13.8 Å². The van der Waals surface area contributed by atoms with E-state index in [0.717, 1.165) is 5.94 Å². The minimum Gasteiger partial charge on any atom is -0.359 e. The van der Waals surface area contributed by atoms with Gasteiger partial charge in [-0.2, -0.15) is 0 Å². The fourth-order valence-corrected chi connectivity index (χ4v) is 0.719. The van der Waals surface area contributed by atoms with Gasteiger partial charge < -0.3 is 4.74 Å². The number of rotatable bonds is 4. The van der Waals surface area contributed by atoms with Crippen LogP contribution >= 0.6 is 0 Å². The van der Waals surface area contributed by atoms with Crippen LogP contribution in [-0.4, -0.2) is 20.8 Å². The van der Waals surface area contributed by atoms with Gasteiger partial charge in [0.2, 0.25) is 0 Å². The third-order valence-corrected chi connectivity index (χ3v) is 2.02. The molecule has 0 atom stereocenters. The predicted molar refractivity (Wildman–Crippen MR) is 35.4 cm³/mol. The summed E-state index contributed by atoms with van der Waals surface area (Å²) in [7, 11) is -3.03. The van der Waals surface area contributed by atoms with Gasteiger partial charge in [0.1, 0.15) is 0 Å². The monoisotopic (exact) mass is 151 g/mol. The number of hydrogen-bond acceptors (Lipinski definition) is 3. The summed E-state index contributed by atoms with van der Waals surface area (Å²) >= 11 is 0. The van der Waals surface area contributed by atoms with Gasteiger partial charge >= 0.3 is 0 Å². The fourth-order valence-electron chi connectivity index (χ4n) is 0.240. The fraction of sp³-hybridized carbons (Fsp3) is 0.800. The molecule has 0 amide bonds. The molecule has 0 aliphatic heterocycles. The Hall–Kier alpha value is -0.0900. The molecule has 55 valence electrons. The van der Waals surface area contributed by atoms with Gasteiger partial charge in [-0.1, -0.05) is 6.92 Å². The average Bonchev–Trinajstić information content (AvgIpc) is 1.84. The van der Waals surface area contributed by atoms with Gasteiger partial charge in [-0.3, -0.25) is 0 Å². The Balaban J connectivity index is 3.61. The maximum absolute atomic E-state index is 10.6. The molecule has 9 heavy (non-hydrogen) atoms. The molecule has 1 radical (unpaired) electrons. The van der Waals surface area contributed by atoms with Crippen molar-refractivity contribution in [3.8, 4) is 0 Å². The van der Waals surface area contributed by atoms with Crippen molar-refractivity contribution in [2.75, 3.05) is 12.4 Å². The molecule has 0 fully saturated rings. The van der Waals surface area contributed by atoms with E-state index in [-0.39, 0.29) is 5.75 Å². The number of sulfone groups is 1. The zero-order valence-electron chi connectivity index (χ0n) is 5.62. The van der Waals surface area contributed by atoms with Crippen LogP contribution in [0.25, 0.3) is 0 Å². The summed E-state index contributed by atoms with van der Waals surface area (Å²) in [5, 5.41) is 0. The summed E-state index contributed by atoms with van der Waals surface area (Å²) < 4.78 is 25.7. The molecule has 0 saturated carbocycles. The first-order valence-corrected chi connectivity index (χ1v) is 4.51. The first kappa shape index (κ1) is 8.91. The highest BCUT2D eigenvalue weighted by atomic mass is 32.2. The summed E-state index contributed by atoms with van der Waals surface area (Å²) in [5.74, 6) is 1.000. The summed E-state index contributed by atoms with van der Waals surface area (Å²) in [6, 6.07) is 0. The van der Waals surface area contributed by atoms with E-state index in [0.29, 0.717) is 6.61 Å². The number of hydrogen-bond donors (Lipinski definition) is 0. The molecule has 3 nitrogen and oxygen atoms in total. The first-order chi connectivity index (χ1) is 4.12. The zero-order valence-corrected chi connectivity index (χ0v) is 6.44. The van der Waals surface area contributed by atoms with Crippen molar-refractivity contribution < 1.29 is 13.2 Å². The lowest BCUT2D eigenvalue weighted by Crippen LogP contribution is -2.05. The topological polar surface area (TPSA) is 43.4 Å². The van der Waals surface area contributed by atoms with E-state index in [1.54, 1.807) is 13.8 Å². The van der Waals surface area contributed by atoms with Gasteiger partial charge in [0.15, 0.2) is 15.8 Å². The normalized spacial score (nSPS) is 11.8. The highest BCUT2D eigenvalue weighted by Crippen LogP contribution is 1.95. The first-order valence-electron chi connectivity index (χ1n) is 2.80. The van der Waals surface area contributed by atoms with Crippen molar-refractivity contribution >= 4 is 9.84 Å². The van der Waals surface area contributed by atoms with E-state index in [1.807, 2.05) is 0 Å². The van der Waals surface area contributed by atoms with Crippen LogP contribution < -0.4 is 0 Å². The summed E-state index contributed by atoms with van der Waals surface area (Å²) in [6.45, 7) is 3.71. The van der Waals surface area contributed by atoms with Gasteiger partial charge in [0.25, 0.3) is 0 Å². The third kappa shape index (κ3) is 4.42. The third-order valence-electron chi connectivity index (χ3n) is 0.784. The van der Waals surface area contributed by atoms with Crippen LogP contribution in [-0.2, 0) is 14.6 Å². The summed E-state index contributed by atoms with van der Waals surface area (Å²) in [4.78, 5) is 0. The maximum Gasteiger partial charge on any atom is 0.199 e. The van der Waals surface area contributed by atoms with Crippen LogP contribution in [0.15, 0.2) is 0 Å². The smallest absolute Gasteiger partial charge is 0.199 e. The largest absolute Gasteiger partial charge is 0.359 e. The van der Waals surface area contributed by atoms with E-state index in [9.17, 15) is 8.42 Å². The quantitative estimate of drug-likeness (QED) is 0.590. The summed E-state index contributed by atoms with van der Waals surface area (Å²) in [6.07, 6.45) is 0. The molecule has 0 bridgehead atoms. The SMILES string of the molecule is CCO[CH]S(=O)(=O)CC. The van der Waals surface area contributed by atoms with Gasteiger partial charge in [-0.05, 0) is 6.92 Å². The molecule has 0 spiro atoms. The Morgan fingerprint density at radius 1 is 1.44 bits per heavy atom. The van der Waals surface area contributed by atoms with E-state index in [1.165, 1.54) is 0 Å². The zero-order chi connectivity index (χ0) is 7.33. The van der Waals surface area contributed by atoms with Crippen LogP contribution in [0.3, 0.4) is 0 Å². The van der Waals surface area contributed by atoms with Gasteiger partial charge in [-0.25, -0.2) is 8.42 Å². The minimum absolute atomic E-state index is 0.104. The Morgan fingerprint density at radius 3 is 2.33 bits per heavy atom. The molecule has 0 aliphatic rings. The van der Waals surface area contributed by atoms with E-state index >= 15 is 0 Å². The molecule has 0 N–H and O–H groups in total. The van der Waals surface area contributed by atoms with Crippen molar-refractivity contribution in [2.24, 2.45) is 0 Å². The molecule has 0 aromatic rings. The van der Waals surface area contributed by atoms with E-state index in [4.69, 9.17) is 0 Å². The molecular weight excluding hydrogens is 140 g/mol. The minimum atomic E-state index is -3.03. The van der Waals surface area contributed by atoms with Crippen molar-refractivity contribution in [1.29, 1.82) is 0 Å². The molecule has 0 unspecified atom stereocenters. The Morgan fingerprint density at radius 2 is 2.00 bits per heavy atom. The van der Waals surface area contributed by atoms with Crippen molar-refractivity contribution in [1.82, 2.24) is 0 Å². The molecule has 0 aromatic heterocycles. The molecular formula is C5H11O3S.